The second kappa shape index (κ2) is 7.38. The van der Waals surface area contributed by atoms with Crippen molar-refractivity contribution in [3.63, 3.8) is 0 Å². The highest BCUT2D eigenvalue weighted by atomic mass is 79.9. The van der Waals surface area contributed by atoms with Crippen molar-refractivity contribution < 1.29 is 36.2 Å². The number of benzene rings is 2. The Kier molecular flexibility index (Phi) is 5.66. The zero-order valence-corrected chi connectivity index (χ0v) is 14.4. The predicted octanol–water partition coefficient (Wildman–Crippen LogP) is 5.07. The van der Waals surface area contributed by atoms with Gasteiger partial charge < -0.3 is 9.47 Å². The van der Waals surface area contributed by atoms with Crippen LogP contribution in [0.2, 0.25) is 0 Å². The molecule has 2 rings (SSSR count). The van der Waals surface area contributed by atoms with E-state index in [4.69, 9.17) is 9.47 Å². The number of rotatable bonds is 4. The summed E-state index contributed by atoms with van der Waals surface area (Å²) in [5.41, 5.74) is -1.24. The summed E-state index contributed by atoms with van der Waals surface area (Å²) in [6.45, 7) is 1.37. The van der Waals surface area contributed by atoms with Crippen molar-refractivity contribution in [3.8, 4) is 5.75 Å². The van der Waals surface area contributed by atoms with Crippen molar-refractivity contribution in [2.75, 3.05) is 7.11 Å². The van der Waals surface area contributed by atoms with Gasteiger partial charge in [0.05, 0.1) is 11.6 Å². The Morgan fingerprint density at radius 2 is 1.52 bits per heavy atom. The third-order valence-electron chi connectivity index (χ3n) is 3.34. The van der Waals surface area contributed by atoms with Gasteiger partial charge in [-0.1, -0.05) is 6.07 Å². The summed E-state index contributed by atoms with van der Waals surface area (Å²) in [6, 6.07) is 4.58. The fourth-order valence-corrected chi connectivity index (χ4v) is 2.57. The minimum Gasteiger partial charge on any atom is -0.496 e. The van der Waals surface area contributed by atoms with Gasteiger partial charge in [0, 0.05) is 0 Å². The molecular formula is C16H10BrF5O3. The first-order valence-corrected chi connectivity index (χ1v) is 7.54. The van der Waals surface area contributed by atoms with Gasteiger partial charge in [-0.25, -0.2) is 26.7 Å². The summed E-state index contributed by atoms with van der Waals surface area (Å²) in [7, 11) is 1.44. The first kappa shape index (κ1) is 19.2. The van der Waals surface area contributed by atoms with Gasteiger partial charge in [0.15, 0.2) is 23.3 Å². The van der Waals surface area contributed by atoms with E-state index < -0.39 is 46.7 Å². The van der Waals surface area contributed by atoms with Crippen LogP contribution in [-0.2, 0) is 4.74 Å². The Bertz CT molecular complexity index is 812. The molecule has 0 N–H and O–H groups in total. The molecule has 0 saturated carbocycles. The van der Waals surface area contributed by atoms with E-state index in [1.807, 2.05) is 0 Å². The zero-order valence-electron chi connectivity index (χ0n) is 12.8. The third kappa shape index (κ3) is 3.60. The number of carbonyl (C=O) groups is 1. The summed E-state index contributed by atoms with van der Waals surface area (Å²) in [5.74, 6) is -12.5. The summed E-state index contributed by atoms with van der Waals surface area (Å²) in [6.07, 6.45) is -1.02. The van der Waals surface area contributed by atoms with Crippen LogP contribution >= 0.6 is 15.9 Å². The van der Waals surface area contributed by atoms with Gasteiger partial charge in [0.2, 0.25) is 5.82 Å². The summed E-state index contributed by atoms with van der Waals surface area (Å²) in [5, 5.41) is 0. The van der Waals surface area contributed by atoms with Crippen molar-refractivity contribution in [1.29, 1.82) is 0 Å². The Morgan fingerprint density at radius 3 is 2.00 bits per heavy atom. The summed E-state index contributed by atoms with van der Waals surface area (Å²) < 4.78 is 77.0. The molecule has 0 aliphatic rings. The molecule has 1 atom stereocenters. The minimum absolute atomic E-state index is 0.407. The van der Waals surface area contributed by atoms with E-state index in [0.717, 1.165) is 0 Å². The molecule has 0 radical (unpaired) electrons. The van der Waals surface area contributed by atoms with Crippen LogP contribution in [-0.4, -0.2) is 13.1 Å². The van der Waals surface area contributed by atoms with Crippen molar-refractivity contribution in [2.24, 2.45) is 0 Å². The van der Waals surface area contributed by atoms with Crippen LogP contribution < -0.4 is 4.74 Å². The molecule has 0 bridgehead atoms. The molecule has 9 heteroatoms. The highest BCUT2D eigenvalue weighted by molar-refractivity contribution is 9.10. The van der Waals surface area contributed by atoms with Gasteiger partial charge in [-0.2, -0.15) is 0 Å². The normalized spacial score (nSPS) is 12.0. The summed E-state index contributed by atoms with van der Waals surface area (Å²) >= 11 is 3.21. The molecule has 2 aromatic rings. The standard InChI is InChI=1S/C16H10BrF5O3/c1-6(7-3-4-9(24-2)8(17)5-7)25-16(23)10-11(18)13(20)15(22)14(21)12(10)19/h3-6H,1-2H3. The molecular weight excluding hydrogens is 415 g/mol. The maximum absolute atomic E-state index is 13.6. The van der Waals surface area contributed by atoms with Crippen LogP contribution in [0.3, 0.4) is 0 Å². The number of halogens is 6. The van der Waals surface area contributed by atoms with Crippen LogP contribution in [0.15, 0.2) is 22.7 Å². The van der Waals surface area contributed by atoms with Gasteiger partial charge in [-0.3, -0.25) is 0 Å². The van der Waals surface area contributed by atoms with E-state index in [1.54, 1.807) is 6.07 Å². The fourth-order valence-electron chi connectivity index (χ4n) is 2.01. The Labute approximate surface area is 147 Å². The molecule has 0 aliphatic heterocycles. The molecule has 0 spiro atoms. The molecule has 1 unspecified atom stereocenters. The highest BCUT2D eigenvalue weighted by Gasteiger charge is 2.31. The molecule has 2 aromatic carbocycles. The molecule has 134 valence electrons. The molecule has 0 saturated heterocycles. The minimum atomic E-state index is -2.35. The van der Waals surface area contributed by atoms with E-state index in [1.165, 1.54) is 26.2 Å². The lowest BCUT2D eigenvalue weighted by molar-refractivity contribution is 0.0323. The number of ether oxygens (including phenoxy) is 2. The molecule has 0 aliphatic carbocycles. The average molecular weight is 425 g/mol. The number of hydrogen-bond acceptors (Lipinski definition) is 3. The van der Waals surface area contributed by atoms with Crippen molar-refractivity contribution >= 4 is 21.9 Å². The maximum Gasteiger partial charge on any atom is 0.344 e. The quantitative estimate of drug-likeness (QED) is 0.297. The number of esters is 1. The second-order valence-electron chi connectivity index (χ2n) is 4.89. The lowest BCUT2D eigenvalue weighted by atomic mass is 10.1. The molecule has 25 heavy (non-hydrogen) atoms. The monoisotopic (exact) mass is 424 g/mol. The molecule has 0 fully saturated rings. The predicted molar refractivity (Wildman–Crippen MR) is 80.8 cm³/mol. The van der Waals surface area contributed by atoms with Gasteiger partial charge in [0.25, 0.3) is 0 Å². The van der Waals surface area contributed by atoms with Crippen molar-refractivity contribution in [1.82, 2.24) is 0 Å². The molecule has 0 aromatic heterocycles. The van der Waals surface area contributed by atoms with E-state index in [0.29, 0.717) is 15.8 Å². The Hall–Kier alpha value is -2.16. The fraction of sp³-hybridized carbons (Fsp3) is 0.188. The van der Waals surface area contributed by atoms with E-state index in [2.05, 4.69) is 15.9 Å². The lowest BCUT2D eigenvalue weighted by Crippen LogP contribution is -2.17. The smallest absolute Gasteiger partial charge is 0.344 e. The van der Waals surface area contributed by atoms with Crippen LogP contribution in [0.5, 0.6) is 5.75 Å². The Balaban J connectivity index is 2.33. The highest BCUT2D eigenvalue weighted by Crippen LogP contribution is 2.30. The Morgan fingerprint density at radius 1 is 1.00 bits per heavy atom. The topological polar surface area (TPSA) is 35.5 Å². The SMILES string of the molecule is COc1ccc(C(C)OC(=O)c2c(F)c(F)c(F)c(F)c2F)cc1Br. The van der Waals surface area contributed by atoms with Gasteiger partial charge in [-0.15, -0.1) is 0 Å². The van der Waals surface area contributed by atoms with Crippen molar-refractivity contribution in [3.05, 3.63) is 62.9 Å². The first-order valence-electron chi connectivity index (χ1n) is 6.74. The van der Waals surface area contributed by atoms with E-state index >= 15 is 0 Å². The third-order valence-corrected chi connectivity index (χ3v) is 3.96. The zero-order chi connectivity index (χ0) is 18.9. The van der Waals surface area contributed by atoms with Crippen molar-refractivity contribution in [2.45, 2.75) is 13.0 Å². The molecule has 0 amide bonds. The molecule has 3 nitrogen and oxygen atoms in total. The summed E-state index contributed by atoms with van der Waals surface area (Å²) in [4.78, 5) is 11.9. The second-order valence-corrected chi connectivity index (χ2v) is 5.74. The number of hydrogen-bond donors (Lipinski definition) is 0. The molecule has 0 heterocycles. The number of carbonyl (C=O) groups excluding carboxylic acids is 1. The van der Waals surface area contributed by atoms with Crippen LogP contribution in [0.4, 0.5) is 22.0 Å². The largest absolute Gasteiger partial charge is 0.496 e. The van der Waals surface area contributed by atoms with E-state index in [-0.39, 0.29) is 0 Å². The van der Waals surface area contributed by atoms with Gasteiger partial charge in [-0.05, 0) is 40.5 Å². The lowest BCUT2D eigenvalue weighted by Gasteiger charge is -2.16. The van der Waals surface area contributed by atoms with Crippen LogP contribution in [0.1, 0.15) is 28.9 Å². The van der Waals surface area contributed by atoms with Gasteiger partial charge >= 0.3 is 5.97 Å². The van der Waals surface area contributed by atoms with Crippen LogP contribution in [0.25, 0.3) is 0 Å². The van der Waals surface area contributed by atoms with E-state index in [9.17, 15) is 26.7 Å². The maximum atomic E-state index is 13.6. The number of methoxy groups -OCH3 is 1. The average Bonchev–Trinajstić information content (AvgIpc) is 2.58. The van der Waals surface area contributed by atoms with Crippen LogP contribution in [0, 0.1) is 29.1 Å². The first-order chi connectivity index (χ1) is 11.7. The van der Waals surface area contributed by atoms with Gasteiger partial charge in [0.1, 0.15) is 17.4 Å².